The lowest BCUT2D eigenvalue weighted by molar-refractivity contribution is 0.305. The van der Waals surface area contributed by atoms with Crippen LogP contribution in [0, 0.1) is 0 Å². The molecule has 0 spiro atoms. The fraction of sp³-hybridized carbons (Fsp3) is 0.333. The molecule has 0 aliphatic rings. The Morgan fingerprint density at radius 3 is 2.86 bits per heavy atom. The molecule has 0 radical (unpaired) electrons. The number of ether oxygens (including phenoxy) is 2. The zero-order valence-corrected chi connectivity index (χ0v) is 12.3. The number of hydrogen-bond donors (Lipinski definition) is 2. The van der Waals surface area contributed by atoms with Crippen LogP contribution in [0.2, 0.25) is 0 Å². The first-order valence-electron chi connectivity index (χ1n) is 6.85. The summed E-state index contributed by atoms with van der Waals surface area (Å²) in [5.74, 6) is 1.77. The quantitative estimate of drug-likeness (QED) is 0.762. The van der Waals surface area contributed by atoms with E-state index < -0.39 is 0 Å². The van der Waals surface area contributed by atoms with E-state index in [-0.39, 0.29) is 0 Å². The van der Waals surface area contributed by atoms with Crippen molar-refractivity contribution in [2.45, 2.75) is 19.9 Å². The molecule has 2 rings (SSSR count). The Morgan fingerprint density at radius 2 is 2.14 bits per heavy atom. The van der Waals surface area contributed by atoms with Gasteiger partial charge >= 0.3 is 0 Å². The topological polar surface area (TPSA) is 82.3 Å². The van der Waals surface area contributed by atoms with Gasteiger partial charge in [0.15, 0.2) is 0 Å². The van der Waals surface area contributed by atoms with Crippen molar-refractivity contribution in [3.8, 4) is 11.6 Å². The van der Waals surface area contributed by atoms with E-state index in [1.54, 1.807) is 19.4 Å². The van der Waals surface area contributed by atoms with Gasteiger partial charge in [0.2, 0.25) is 11.8 Å². The van der Waals surface area contributed by atoms with E-state index in [1.165, 1.54) is 0 Å². The third kappa shape index (κ3) is 4.24. The van der Waals surface area contributed by atoms with Gasteiger partial charge in [-0.1, -0.05) is 13.0 Å². The van der Waals surface area contributed by atoms with E-state index in [1.807, 2.05) is 18.2 Å². The van der Waals surface area contributed by atoms with Crippen molar-refractivity contribution >= 4 is 11.6 Å². The van der Waals surface area contributed by atoms with Gasteiger partial charge in [-0.2, -0.15) is 4.98 Å². The standard InChI is InChI=1S/C15H20N4O2/c1-3-8-21-14-6-7-17-15(19-14)18-10-11-4-5-13(20-2)12(16)9-11/h4-7,9H,3,8,10,16H2,1-2H3,(H,17,18,19). The minimum atomic E-state index is 0.526. The highest BCUT2D eigenvalue weighted by Gasteiger charge is 2.03. The number of nitrogens with zero attached hydrogens (tertiary/aromatic N) is 2. The second-order valence-corrected chi connectivity index (χ2v) is 4.50. The number of nitrogen functional groups attached to an aromatic ring is 1. The van der Waals surface area contributed by atoms with Gasteiger partial charge in [-0.15, -0.1) is 0 Å². The van der Waals surface area contributed by atoms with Crippen molar-refractivity contribution in [2.75, 3.05) is 24.8 Å². The lowest BCUT2D eigenvalue weighted by atomic mass is 10.2. The average Bonchev–Trinajstić information content (AvgIpc) is 2.51. The molecule has 0 aliphatic carbocycles. The maximum absolute atomic E-state index is 5.88. The molecule has 0 atom stereocenters. The van der Waals surface area contributed by atoms with E-state index in [9.17, 15) is 0 Å². The Hall–Kier alpha value is -2.50. The molecule has 2 aromatic rings. The van der Waals surface area contributed by atoms with Crippen LogP contribution in [0.15, 0.2) is 30.5 Å². The molecule has 6 nitrogen and oxygen atoms in total. The van der Waals surface area contributed by atoms with Gasteiger partial charge in [0, 0.05) is 18.8 Å². The molecule has 1 aromatic carbocycles. The molecule has 3 N–H and O–H groups in total. The van der Waals surface area contributed by atoms with Gasteiger partial charge in [0.25, 0.3) is 0 Å². The fourth-order valence-electron chi connectivity index (χ4n) is 1.79. The van der Waals surface area contributed by atoms with E-state index in [4.69, 9.17) is 15.2 Å². The highest BCUT2D eigenvalue weighted by Crippen LogP contribution is 2.22. The molecule has 112 valence electrons. The maximum atomic E-state index is 5.88. The number of anilines is 2. The highest BCUT2D eigenvalue weighted by atomic mass is 16.5. The Bertz CT molecular complexity index is 590. The van der Waals surface area contributed by atoms with Crippen LogP contribution in [0.3, 0.4) is 0 Å². The highest BCUT2D eigenvalue weighted by molar-refractivity contribution is 5.54. The summed E-state index contributed by atoms with van der Waals surface area (Å²) in [6, 6.07) is 7.39. The largest absolute Gasteiger partial charge is 0.495 e. The van der Waals surface area contributed by atoms with Crippen LogP contribution in [0.4, 0.5) is 11.6 Å². The molecule has 0 saturated heterocycles. The summed E-state index contributed by atoms with van der Waals surface area (Å²) in [5, 5.41) is 3.14. The van der Waals surface area contributed by atoms with Crippen LogP contribution >= 0.6 is 0 Å². The summed E-state index contributed by atoms with van der Waals surface area (Å²) in [4.78, 5) is 8.44. The third-order valence-electron chi connectivity index (χ3n) is 2.83. The summed E-state index contributed by atoms with van der Waals surface area (Å²) in [6.45, 7) is 3.27. The Morgan fingerprint density at radius 1 is 1.29 bits per heavy atom. The molecule has 0 amide bonds. The van der Waals surface area contributed by atoms with Crippen molar-refractivity contribution in [3.05, 3.63) is 36.0 Å². The summed E-state index contributed by atoms with van der Waals surface area (Å²) in [6.07, 6.45) is 2.61. The van der Waals surface area contributed by atoms with Crippen LogP contribution in [-0.2, 0) is 6.54 Å². The number of methoxy groups -OCH3 is 1. The van der Waals surface area contributed by atoms with Crippen LogP contribution in [0.1, 0.15) is 18.9 Å². The third-order valence-corrected chi connectivity index (χ3v) is 2.83. The first-order chi connectivity index (χ1) is 10.2. The van der Waals surface area contributed by atoms with Crippen molar-refractivity contribution in [2.24, 2.45) is 0 Å². The number of benzene rings is 1. The van der Waals surface area contributed by atoms with E-state index in [0.29, 0.717) is 36.4 Å². The van der Waals surface area contributed by atoms with Crippen molar-refractivity contribution in [1.29, 1.82) is 0 Å². The zero-order chi connectivity index (χ0) is 15.1. The number of rotatable bonds is 7. The predicted molar refractivity (Wildman–Crippen MR) is 82.6 cm³/mol. The summed E-state index contributed by atoms with van der Waals surface area (Å²) in [7, 11) is 1.60. The molecule has 1 aromatic heterocycles. The molecule has 0 unspecified atom stereocenters. The normalized spacial score (nSPS) is 10.2. The number of hydrogen-bond acceptors (Lipinski definition) is 6. The van der Waals surface area contributed by atoms with E-state index in [0.717, 1.165) is 12.0 Å². The first-order valence-corrected chi connectivity index (χ1v) is 6.85. The number of nitrogens with two attached hydrogens (primary N) is 1. The lowest BCUT2D eigenvalue weighted by Crippen LogP contribution is -2.06. The van der Waals surface area contributed by atoms with Gasteiger partial charge < -0.3 is 20.5 Å². The molecule has 0 saturated carbocycles. The Labute approximate surface area is 124 Å². The zero-order valence-electron chi connectivity index (χ0n) is 12.3. The van der Waals surface area contributed by atoms with E-state index >= 15 is 0 Å². The fourth-order valence-corrected chi connectivity index (χ4v) is 1.79. The molecule has 0 bridgehead atoms. The molecular weight excluding hydrogens is 268 g/mol. The molecule has 1 heterocycles. The van der Waals surface area contributed by atoms with Crippen LogP contribution in [-0.4, -0.2) is 23.7 Å². The van der Waals surface area contributed by atoms with Gasteiger partial charge in [-0.25, -0.2) is 4.98 Å². The van der Waals surface area contributed by atoms with Gasteiger partial charge in [0.1, 0.15) is 5.75 Å². The number of nitrogens with one attached hydrogen (secondary N) is 1. The van der Waals surface area contributed by atoms with Crippen molar-refractivity contribution < 1.29 is 9.47 Å². The average molecular weight is 288 g/mol. The minimum absolute atomic E-state index is 0.526. The second kappa shape index (κ2) is 7.33. The summed E-state index contributed by atoms with van der Waals surface area (Å²) in [5.41, 5.74) is 7.51. The minimum Gasteiger partial charge on any atom is -0.495 e. The van der Waals surface area contributed by atoms with E-state index in [2.05, 4.69) is 22.2 Å². The number of aromatic nitrogens is 2. The SMILES string of the molecule is CCCOc1ccnc(NCc2ccc(OC)c(N)c2)n1. The van der Waals surface area contributed by atoms with Gasteiger partial charge in [-0.05, 0) is 24.1 Å². The van der Waals surface area contributed by atoms with Gasteiger partial charge in [-0.3, -0.25) is 0 Å². The molecule has 21 heavy (non-hydrogen) atoms. The van der Waals surface area contributed by atoms with Crippen molar-refractivity contribution in [3.63, 3.8) is 0 Å². The van der Waals surface area contributed by atoms with Crippen LogP contribution in [0.5, 0.6) is 11.6 Å². The smallest absolute Gasteiger partial charge is 0.226 e. The molecule has 0 aliphatic heterocycles. The summed E-state index contributed by atoms with van der Waals surface area (Å²) < 4.78 is 10.6. The molecule has 0 fully saturated rings. The molecular formula is C15H20N4O2. The first kappa shape index (κ1) is 14.9. The van der Waals surface area contributed by atoms with Crippen LogP contribution < -0.4 is 20.5 Å². The second-order valence-electron chi connectivity index (χ2n) is 4.50. The Kier molecular flexibility index (Phi) is 5.20. The Balaban J connectivity index is 1.97. The van der Waals surface area contributed by atoms with Crippen molar-refractivity contribution in [1.82, 2.24) is 9.97 Å². The van der Waals surface area contributed by atoms with Crippen LogP contribution in [0.25, 0.3) is 0 Å². The lowest BCUT2D eigenvalue weighted by Gasteiger charge is -2.09. The monoisotopic (exact) mass is 288 g/mol. The predicted octanol–water partition coefficient (Wildman–Crippen LogP) is 2.47. The maximum Gasteiger partial charge on any atom is 0.226 e. The summed E-state index contributed by atoms with van der Waals surface area (Å²) >= 11 is 0. The van der Waals surface area contributed by atoms with Gasteiger partial charge in [0.05, 0.1) is 19.4 Å². The molecule has 6 heteroatoms.